The number of carbonyl (C=O) groups is 1. The van der Waals surface area contributed by atoms with Crippen LogP contribution in [-0.4, -0.2) is 19.1 Å². The fraction of sp³-hybridized carbons (Fsp3) is 0.889. The Labute approximate surface area is 85.4 Å². The van der Waals surface area contributed by atoms with E-state index in [1.54, 1.807) is 0 Å². The van der Waals surface area contributed by atoms with Crippen molar-refractivity contribution in [3.63, 3.8) is 0 Å². The summed E-state index contributed by atoms with van der Waals surface area (Å²) >= 11 is 0. The minimum Gasteiger partial charge on any atom is -0.469 e. The Balaban J connectivity index is 0.00000144. The van der Waals surface area contributed by atoms with Crippen molar-refractivity contribution in [3.8, 4) is 0 Å². The molecule has 1 rings (SSSR count). The van der Waals surface area contributed by atoms with Crippen molar-refractivity contribution >= 4 is 18.4 Å². The van der Waals surface area contributed by atoms with Gasteiger partial charge in [-0.3, -0.25) is 4.79 Å². The van der Waals surface area contributed by atoms with E-state index >= 15 is 0 Å². The topological polar surface area (TPSA) is 52.3 Å². The van der Waals surface area contributed by atoms with E-state index < -0.39 is 0 Å². The Morgan fingerprint density at radius 1 is 1.46 bits per heavy atom. The molecule has 0 spiro atoms. The summed E-state index contributed by atoms with van der Waals surface area (Å²) in [6.07, 6.45) is 5.05. The molecule has 0 heterocycles. The molecule has 1 saturated carbocycles. The van der Waals surface area contributed by atoms with Gasteiger partial charge in [0.05, 0.1) is 7.11 Å². The van der Waals surface area contributed by atoms with Crippen molar-refractivity contribution in [3.05, 3.63) is 0 Å². The molecule has 0 unspecified atom stereocenters. The molecule has 0 radical (unpaired) electrons. The Kier molecular flexibility index (Phi) is 6.08. The van der Waals surface area contributed by atoms with Gasteiger partial charge in [-0.2, -0.15) is 0 Å². The molecule has 0 amide bonds. The van der Waals surface area contributed by atoms with Crippen LogP contribution in [0.5, 0.6) is 0 Å². The lowest BCUT2D eigenvalue weighted by Gasteiger charge is -2.27. The molecule has 0 aromatic rings. The Morgan fingerprint density at radius 2 is 2.08 bits per heavy atom. The molecule has 0 saturated heterocycles. The maximum absolute atomic E-state index is 10.9. The summed E-state index contributed by atoms with van der Waals surface area (Å²) < 4.78 is 4.61. The molecule has 78 valence electrons. The van der Waals surface area contributed by atoms with Gasteiger partial charge in [-0.15, -0.1) is 12.4 Å². The van der Waals surface area contributed by atoms with Gasteiger partial charge in [-0.25, -0.2) is 0 Å². The van der Waals surface area contributed by atoms with E-state index in [4.69, 9.17) is 5.73 Å². The van der Waals surface area contributed by atoms with Gasteiger partial charge >= 0.3 is 5.97 Å². The normalized spacial score (nSPS) is 27.5. The lowest BCUT2D eigenvalue weighted by molar-refractivity contribution is -0.142. The highest BCUT2D eigenvalue weighted by Crippen LogP contribution is 2.25. The van der Waals surface area contributed by atoms with Gasteiger partial charge in [-0.1, -0.05) is 12.8 Å². The maximum Gasteiger partial charge on any atom is 0.305 e. The second-order valence-electron chi connectivity index (χ2n) is 3.49. The van der Waals surface area contributed by atoms with Crippen LogP contribution in [0.3, 0.4) is 0 Å². The summed E-state index contributed by atoms with van der Waals surface area (Å²) in [4.78, 5) is 10.9. The number of rotatable bonds is 2. The van der Waals surface area contributed by atoms with E-state index in [1.165, 1.54) is 20.0 Å². The van der Waals surface area contributed by atoms with Crippen LogP contribution in [0.15, 0.2) is 0 Å². The molecule has 0 aromatic carbocycles. The van der Waals surface area contributed by atoms with Crippen LogP contribution in [0.1, 0.15) is 32.1 Å². The van der Waals surface area contributed by atoms with Gasteiger partial charge in [0.15, 0.2) is 0 Å². The smallest absolute Gasteiger partial charge is 0.305 e. The second kappa shape index (κ2) is 6.22. The van der Waals surface area contributed by atoms with Crippen LogP contribution in [-0.2, 0) is 9.53 Å². The first-order valence-electron chi connectivity index (χ1n) is 4.56. The zero-order valence-electron chi connectivity index (χ0n) is 7.99. The van der Waals surface area contributed by atoms with Crippen molar-refractivity contribution in [1.82, 2.24) is 0 Å². The van der Waals surface area contributed by atoms with E-state index in [9.17, 15) is 4.79 Å². The highest BCUT2D eigenvalue weighted by molar-refractivity contribution is 5.85. The van der Waals surface area contributed by atoms with Crippen molar-refractivity contribution in [2.24, 2.45) is 11.7 Å². The van der Waals surface area contributed by atoms with Gasteiger partial charge in [-0.05, 0) is 18.8 Å². The zero-order chi connectivity index (χ0) is 8.97. The SMILES string of the molecule is COC(=O)C[C@H]1CCCC[C@@H]1N.Cl. The molecule has 1 aliphatic carbocycles. The fourth-order valence-electron chi connectivity index (χ4n) is 1.79. The number of carbonyl (C=O) groups excluding carboxylic acids is 1. The number of hydrogen-bond acceptors (Lipinski definition) is 3. The van der Waals surface area contributed by atoms with E-state index in [0.29, 0.717) is 12.3 Å². The predicted octanol–water partition coefficient (Wildman–Crippen LogP) is 1.49. The molecule has 13 heavy (non-hydrogen) atoms. The number of nitrogens with two attached hydrogens (primary N) is 1. The Bertz CT molecular complexity index is 164. The Morgan fingerprint density at radius 3 is 2.62 bits per heavy atom. The van der Waals surface area contributed by atoms with Crippen molar-refractivity contribution in [2.75, 3.05) is 7.11 Å². The number of halogens is 1. The van der Waals surface area contributed by atoms with Crippen LogP contribution in [0.4, 0.5) is 0 Å². The number of ether oxygens (including phenoxy) is 1. The minimum atomic E-state index is -0.127. The standard InChI is InChI=1S/C9H17NO2.ClH/c1-12-9(11)6-7-4-2-3-5-8(7)10;/h7-8H,2-6,10H2,1H3;1H/t7-,8+;/m1./s1. The molecule has 1 aliphatic rings. The zero-order valence-corrected chi connectivity index (χ0v) is 8.81. The molecule has 3 nitrogen and oxygen atoms in total. The summed E-state index contributed by atoms with van der Waals surface area (Å²) in [6.45, 7) is 0. The average Bonchev–Trinajstić information content (AvgIpc) is 2.09. The quantitative estimate of drug-likeness (QED) is 0.699. The van der Waals surface area contributed by atoms with Gasteiger partial charge < -0.3 is 10.5 Å². The molecular formula is C9H18ClNO2. The predicted molar refractivity (Wildman–Crippen MR) is 53.8 cm³/mol. The second-order valence-corrected chi connectivity index (χ2v) is 3.49. The molecular weight excluding hydrogens is 190 g/mol. The highest BCUT2D eigenvalue weighted by atomic mass is 35.5. The third-order valence-corrected chi connectivity index (χ3v) is 2.62. The van der Waals surface area contributed by atoms with E-state index in [1.807, 2.05) is 0 Å². The summed E-state index contributed by atoms with van der Waals surface area (Å²) in [7, 11) is 1.43. The highest BCUT2D eigenvalue weighted by Gasteiger charge is 2.24. The van der Waals surface area contributed by atoms with Crippen molar-refractivity contribution in [2.45, 2.75) is 38.1 Å². The summed E-state index contributed by atoms with van der Waals surface area (Å²) in [6, 6.07) is 0.206. The van der Waals surface area contributed by atoms with E-state index in [2.05, 4.69) is 4.74 Å². The van der Waals surface area contributed by atoms with Gasteiger partial charge in [0.2, 0.25) is 0 Å². The molecule has 2 N–H and O–H groups in total. The van der Waals surface area contributed by atoms with Gasteiger partial charge in [0, 0.05) is 12.5 Å². The summed E-state index contributed by atoms with van der Waals surface area (Å²) in [5.41, 5.74) is 5.87. The van der Waals surface area contributed by atoms with Crippen LogP contribution in [0.2, 0.25) is 0 Å². The third kappa shape index (κ3) is 3.96. The molecule has 0 aromatic heterocycles. The minimum absolute atomic E-state index is 0. The molecule has 4 heteroatoms. The van der Waals surface area contributed by atoms with E-state index in [-0.39, 0.29) is 24.4 Å². The fourth-order valence-corrected chi connectivity index (χ4v) is 1.79. The third-order valence-electron chi connectivity index (χ3n) is 2.62. The first-order chi connectivity index (χ1) is 5.74. The Hall–Kier alpha value is -0.280. The van der Waals surface area contributed by atoms with Crippen molar-refractivity contribution in [1.29, 1.82) is 0 Å². The first kappa shape index (κ1) is 12.7. The molecule has 0 bridgehead atoms. The molecule has 1 fully saturated rings. The van der Waals surface area contributed by atoms with Gasteiger partial charge in [0.25, 0.3) is 0 Å². The van der Waals surface area contributed by atoms with E-state index in [0.717, 1.165) is 12.8 Å². The van der Waals surface area contributed by atoms with Crippen LogP contribution >= 0.6 is 12.4 Å². The van der Waals surface area contributed by atoms with Crippen LogP contribution < -0.4 is 5.73 Å². The molecule has 0 aliphatic heterocycles. The van der Waals surface area contributed by atoms with Gasteiger partial charge in [0.1, 0.15) is 0 Å². The number of hydrogen-bond donors (Lipinski definition) is 1. The lowest BCUT2D eigenvalue weighted by Crippen LogP contribution is -2.34. The monoisotopic (exact) mass is 207 g/mol. The maximum atomic E-state index is 10.9. The molecule has 2 atom stereocenters. The first-order valence-corrected chi connectivity index (χ1v) is 4.56. The number of esters is 1. The summed E-state index contributed by atoms with van der Waals surface area (Å²) in [5.74, 6) is 0.226. The van der Waals surface area contributed by atoms with Crippen molar-refractivity contribution < 1.29 is 9.53 Å². The number of methoxy groups -OCH3 is 1. The van der Waals surface area contributed by atoms with Crippen LogP contribution in [0.25, 0.3) is 0 Å². The largest absolute Gasteiger partial charge is 0.469 e. The summed E-state index contributed by atoms with van der Waals surface area (Å²) in [5, 5.41) is 0. The average molecular weight is 208 g/mol. The van der Waals surface area contributed by atoms with Crippen LogP contribution in [0, 0.1) is 5.92 Å². The lowest BCUT2D eigenvalue weighted by atomic mass is 9.83.